The van der Waals surface area contributed by atoms with Crippen LogP contribution in [0.4, 0.5) is 5.69 Å². The number of nitrogens with one attached hydrogen (secondary N) is 1. The summed E-state index contributed by atoms with van der Waals surface area (Å²) in [6, 6.07) is 8.14. The molecule has 0 radical (unpaired) electrons. The van der Waals surface area contributed by atoms with Crippen LogP contribution in [0.1, 0.15) is 20.3 Å². The third-order valence-electron chi connectivity index (χ3n) is 3.20. The van der Waals surface area contributed by atoms with Gasteiger partial charge < -0.3 is 15.8 Å². The molecule has 1 atom stereocenters. The Hall–Kier alpha value is -1.36. The summed E-state index contributed by atoms with van der Waals surface area (Å²) in [4.78, 5) is 10.7. The standard InChI is InChI=1S/C15H22N2O2S/c1-15(2)7-12(9-20-10-15)17-11-4-3-5-13(6-11)19-8-14(16)18/h3-6,12,17H,7-10H2,1-2H3,(H2,16,18). The highest BCUT2D eigenvalue weighted by Crippen LogP contribution is 2.34. The van der Waals surface area contributed by atoms with Gasteiger partial charge in [-0.3, -0.25) is 4.79 Å². The number of rotatable bonds is 5. The second kappa shape index (κ2) is 6.39. The number of carbonyl (C=O) groups is 1. The van der Waals surface area contributed by atoms with Crippen molar-refractivity contribution in [3.8, 4) is 5.75 Å². The summed E-state index contributed by atoms with van der Waals surface area (Å²) >= 11 is 1.99. The van der Waals surface area contributed by atoms with Crippen LogP contribution in [-0.2, 0) is 4.79 Å². The van der Waals surface area contributed by atoms with Crippen molar-refractivity contribution in [2.45, 2.75) is 26.3 Å². The van der Waals surface area contributed by atoms with Crippen molar-refractivity contribution >= 4 is 23.4 Å². The molecular weight excluding hydrogens is 272 g/mol. The summed E-state index contributed by atoms with van der Waals surface area (Å²) in [5, 5.41) is 3.55. The van der Waals surface area contributed by atoms with Gasteiger partial charge in [0.15, 0.2) is 6.61 Å². The number of benzene rings is 1. The maximum atomic E-state index is 10.7. The molecule has 1 unspecified atom stereocenters. The van der Waals surface area contributed by atoms with Crippen LogP contribution in [-0.4, -0.2) is 30.1 Å². The topological polar surface area (TPSA) is 64.3 Å². The van der Waals surface area contributed by atoms with Gasteiger partial charge in [0.1, 0.15) is 5.75 Å². The molecule has 0 bridgehead atoms. The Labute approximate surface area is 124 Å². The van der Waals surface area contributed by atoms with Gasteiger partial charge in [0.05, 0.1) is 0 Å². The smallest absolute Gasteiger partial charge is 0.255 e. The molecule has 0 aliphatic carbocycles. The molecule has 110 valence electrons. The molecule has 1 heterocycles. The lowest BCUT2D eigenvalue weighted by Gasteiger charge is -2.35. The molecule has 5 heteroatoms. The first-order valence-electron chi connectivity index (χ1n) is 6.80. The molecule has 4 nitrogen and oxygen atoms in total. The largest absolute Gasteiger partial charge is 0.484 e. The van der Waals surface area contributed by atoms with Crippen molar-refractivity contribution in [2.75, 3.05) is 23.4 Å². The fourth-order valence-corrected chi connectivity index (χ4v) is 3.69. The maximum absolute atomic E-state index is 10.7. The number of carbonyl (C=O) groups excluding carboxylic acids is 1. The van der Waals surface area contributed by atoms with Crippen LogP contribution in [0.25, 0.3) is 0 Å². The predicted octanol–water partition coefficient (Wildman–Crippen LogP) is 2.49. The average molecular weight is 294 g/mol. The van der Waals surface area contributed by atoms with E-state index in [1.165, 1.54) is 5.75 Å². The van der Waals surface area contributed by atoms with E-state index in [1.807, 2.05) is 36.0 Å². The van der Waals surface area contributed by atoms with Crippen LogP contribution in [0, 0.1) is 5.41 Å². The van der Waals surface area contributed by atoms with Gasteiger partial charge in [0, 0.05) is 23.5 Å². The summed E-state index contributed by atoms with van der Waals surface area (Å²) in [5.41, 5.74) is 6.47. The number of nitrogens with two attached hydrogens (primary N) is 1. The van der Waals surface area contributed by atoms with E-state index in [0.717, 1.165) is 17.9 Å². The van der Waals surface area contributed by atoms with Crippen molar-refractivity contribution in [1.82, 2.24) is 0 Å². The summed E-state index contributed by atoms with van der Waals surface area (Å²) in [7, 11) is 0. The Kier molecular flexibility index (Phi) is 4.81. The first-order valence-corrected chi connectivity index (χ1v) is 7.95. The van der Waals surface area contributed by atoms with E-state index in [-0.39, 0.29) is 6.61 Å². The van der Waals surface area contributed by atoms with Gasteiger partial charge in [0.2, 0.25) is 0 Å². The zero-order chi connectivity index (χ0) is 14.6. The molecule has 0 spiro atoms. The summed E-state index contributed by atoms with van der Waals surface area (Å²) in [5.74, 6) is 2.54. The van der Waals surface area contributed by atoms with Crippen LogP contribution in [0.15, 0.2) is 24.3 Å². The Bertz CT molecular complexity index is 477. The SMILES string of the molecule is CC1(C)CSCC(Nc2cccc(OCC(N)=O)c2)C1. The van der Waals surface area contributed by atoms with Crippen LogP contribution < -0.4 is 15.8 Å². The van der Waals surface area contributed by atoms with Crippen LogP contribution in [0.5, 0.6) is 5.75 Å². The Morgan fingerprint density at radius 2 is 2.35 bits per heavy atom. The zero-order valence-electron chi connectivity index (χ0n) is 12.0. The fraction of sp³-hybridized carbons (Fsp3) is 0.533. The lowest BCUT2D eigenvalue weighted by Crippen LogP contribution is -2.35. The van der Waals surface area contributed by atoms with Crippen molar-refractivity contribution in [1.29, 1.82) is 0 Å². The summed E-state index contributed by atoms with van der Waals surface area (Å²) in [6.45, 7) is 4.52. The number of thioether (sulfide) groups is 1. The molecule has 0 aromatic heterocycles. The molecule has 0 saturated carbocycles. The first-order chi connectivity index (χ1) is 9.44. The molecule has 1 amide bonds. The summed E-state index contributed by atoms with van der Waals surface area (Å²) in [6.07, 6.45) is 1.16. The number of amides is 1. The normalized spacial score (nSPS) is 21.2. The molecule has 2 rings (SSSR count). The van der Waals surface area contributed by atoms with E-state index in [0.29, 0.717) is 17.2 Å². The van der Waals surface area contributed by atoms with E-state index in [9.17, 15) is 4.79 Å². The first kappa shape index (κ1) is 15.0. The minimum absolute atomic E-state index is 0.0875. The number of ether oxygens (including phenoxy) is 1. The third kappa shape index (κ3) is 4.63. The van der Waals surface area contributed by atoms with Crippen molar-refractivity contribution in [2.24, 2.45) is 11.1 Å². The highest BCUT2D eigenvalue weighted by atomic mass is 32.2. The molecular formula is C15H22N2O2S. The van der Waals surface area contributed by atoms with Crippen molar-refractivity contribution in [3.63, 3.8) is 0 Å². The summed E-state index contributed by atoms with van der Waals surface area (Å²) < 4.78 is 5.32. The fourth-order valence-electron chi connectivity index (χ4n) is 2.42. The van der Waals surface area contributed by atoms with Gasteiger partial charge in [-0.05, 0) is 29.7 Å². The number of anilines is 1. The Balaban J connectivity index is 1.95. The molecule has 3 N–H and O–H groups in total. The lowest BCUT2D eigenvalue weighted by atomic mass is 9.88. The minimum atomic E-state index is -0.464. The second-order valence-corrected chi connectivity index (χ2v) is 7.04. The average Bonchev–Trinajstić information content (AvgIpc) is 2.35. The highest BCUT2D eigenvalue weighted by molar-refractivity contribution is 7.99. The van der Waals surface area contributed by atoms with Gasteiger partial charge in [-0.15, -0.1) is 0 Å². The van der Waals surface area contributed by atoms with E-state index in [2.05, 4.69) is 19.2 Å². The van der Waals surface area contributed by atoms with Gasteiger partial charge in [-0.2, -0.15) is 11.8 Å². The van der Waals surface area contributed by atoms with E-state index >= 15 is 0 Å². The van der Waals surface area contributed by atoms with Gasteiger partial charge >= 0.3 is 0 Å². The van der Waals surface area contributed by atoms with Gasteiger partial charge in [-0.25, -0.2) is 0 Å². The van der Waals surface area contributed by atoms with Crippen LogP contribution in [0.2, 0.25) is 0 Å². The number of hydrogen-bond donors (Lipinski definition) is 2. The van der Waals surface area contributed by atoms with Crippen molar-refractivity contribution < 1.29 is 9.53 Å². The van der Waals surface area contributed by atoms with E-state index in [4.69, 9.17) is 10.5 Å². The Morgan fingerprint density at radius 3 is 3.05 bits per heavy atom. The second-order valence-electron chi connectivity index (χ2n) is 6.01. The van der Waals surface area contributed by atoms with Crippen molar-refractivity contribution in [3.05, 3.63) is 24.3 Å². The number of primary amides is 1. The monoisotopic (exact) mass is 294 g/mol. The number of hydrogen-bond acceptors (Lipinski definition) is 4. The molecule has 20 heavy (non-hydrogen) atoms. The zero-order valence-corrected chi connectivity index (χ0v) is 12.8. The minimum Gasteiger partial charge on any atom is -0.484 e. The van der Waals surface area contributed by atoms with Gasteiger partial charge in [0.25, 0.3) is 5.91 Å². The highest BCUT2D eigenvalue weighted by Gasteiger charge is 2.28. The van der Waals surface area contributed by atoms with Gasteiger partial charge in [-0.1, -0.05) is 19.9 Å². The van der Waals surface area contributed by atoms with Crippen LogP contribution >= 0.6 is 11.8 Å². The quantitative estimate of drug-likeness (QED) is 0.876. The molecule has 1 aromatic rings. The molecule has 1 saturated heterocycles. The van der Waals surface area contributed by atoms with E-state index < -0.39 is 5.91 Å². The predicted molar refractivity (Wildman–Crippen MR) is 84.3 cm³/mol. The van der Waals surface area contributed by atoms with E-state index in [1.54, 1.807) is 0 Å². The lowest BCUT2D eigenvalue weighted by molar-refractivity contribution is -0.119. The van der Waals surface area contributed by atoms with Crippen LogP contribution in [0.3, 0.4) is 0 Å². The molecule has 1 aliphatic heterocycles. The molecule has 1 aliphatic rings. The maximum Gasteiger partial charge on any atom is 0.255 e. The molecule has 1 aromatic carbocycles. The third-order valence-corrected chi connectivity index (χ3v) is 4.82. The Morgan fingerprint density at radius 1 is 1.55 bits per heavy atom. The molecule has 1 fully saturated rings.